The molecular weight excluding hydrogens is 168 g/mol. The van der Waals surface area contributed by atoms with Gasteiger partial charge < -0.3 is 11.5 Å². The fourth-order valence-electron chi connectivity index (χ4n) is 3.11. The van der Waals surface area contributed by atoms with E-state index in [-0.39, 0.29) is 23.7 Å². The highest BCUT2D eigenvalue weighted by Gasteiger charge is 2.52. The molecule has 2 saturated carbocycles. The fourth-order valence-corrected chi connectivity index (χ4v) is 3.11. The van der Waals surface area contributed by atoms with E-state index >= 15 is 0 Å². The average Bonchev–Trinajstić information content (AvgIpc) is 2.60. The molecule has 0 unspecified atom stereocenters. The van der Waals surface area contributed by atoms with Crippen LogP contribution in [0.5, 0.6) is 0 Å². The van der Waals surface area contributed by atoms with Crippen LogP contribution in [-0.2, 0) is 9.59 Å². The van der Waals surface area contributed by atoms with Crippen molar-refractivity contribution in [2.75, 3.05) is 0 Å². The van der Waals surface area contributed by atoms with E-state index in [0.717, 1.165) is 19.3 Å². The summed E-state index contributed by atoms with van der Waals surface area (Å²) in [6, 6.07) is 0. The van der Waals surface area contributed by atoms with Gasteiger partial charge in [-0.05, 0) is 31.1 Å². The zero-order valence-corrected chi connectivity index (χ0v) is 7.40. The minimum atomic E-state index is -0.351. The molecule has 4 heteroatoms. The minimum absolute atomic E-state index is 0.281. The second-order valence-corrected chi connectivity index (χ2v) is 4.19. The van der Waals surface area contributed by atoms with Crippen LogP contribution in [0.25, 0.3) is 0 Å². The van der Waals surface area contributed by atoms with Crippen molar-refractivity contribution in [1.82, 2.24) is 0 Å². The average molecular weight is 182 g/mol. The first-order chi connectivity index (χ1) is 6.11. The number of nitrogens with two attached hydrogens (primary N) is 2. The summed E-state index contributed by atoms with van der Waals surface area (Å²) in [5, 5.41) is 0. The predicted octanol–water partition coefficient (Wildman–Crippen LogP) is -0.381. The molecular formula is C9H14N2O2. The summed E-state index contributed by atoms with van der Waals surface area (Å²) in [5.41, 5.74) is 10.5. The van der Waals surface area contributed by atoms with Gasteiger partial charge >= 0.3 is 0 Å². The van der Waals surface area contributed by atoms with Gasteiger partial charge in [-0.1, -0.05) is 0 Å². The molecule has 0 heterocycles. The van der Waals surface area contributed by atoms with Crippen LogP contribution in [0.2, 0.25) is 0 Å². The van der Waals surface area contributed by atoms with Crippen LogP contribution in [0.4, 0.5) is 0 Å². The largest absolute Gasteiger partial charge is 0.369 e. The lowest BCUT2D eigenvalue weighted by Crippen LogP contribution is -2.41. The van der Waals surface area contributed by atoms with Gasteiger partial charge in [0.25, 0.3) is 0 Å². The zero-order chi connectivity index (χ0) is 9.59. The number of carbonyl (C=O) groups is 2. The molecule has 13 heavy (non-hydrogen) atoms. The first kappa shape index (κ1) is 8.53. The Balaban J connectivity index is 2.24. The Morgan fingerprint density at radius 2 is 1.31 bits per heavy atom. The molecule has 0 spiro atoms. The van der Waals surface area contributed by atoms with E-state index in [1.165, 1.54) is 0 Å². The lowest BCUT2D eigenvalue weighted by molar-refractivity contribution is -0.133. The Labute approximate surface area is 76.6 Å². The molecule has 4 N–H and O–H groups in total. The zero-order valence-electron chi connectivity index (χ0n) is 7.40. The number of rotatable bonds is 2. The van der Waals surface area contributed by atoms with Crippen molar-refractivity contribution in [2.24, 2.45) is 35.1 Å². The Morgan fingerprint density at radius 3 is 1.62 bits per heavy atom. The van der Waals surface area contributed by atoms with Crippen LogP contribution in [0.3, 0.4) is 0 Å². The second kappa shape index (κ2) is 2.72. The lowest BCUT2D eigenvalue weighted by Gasteiger charge is -2.25. The number of hydrogen-bond donors (Lipinski definition) is 2. The first-order valence-electron chi connectivity index (χ1n) is 4.70. The molecule has 4 nitrogen and oxygen atoms in total. The van der Waals surface area contributed by atoms with Gasteiger partial charge in [0.1, 0.15) is 0 Å². The van der Waals surface area contributed by atoms with E-state index in [2.05, 4.69) is 0 Å². The smallest absolute Gasteiger partial charge is 0.221 e. The van der Waals surface area contributed by atoms with Crippen molar-refractivity contribution >= 4 is 11.8 Å². The van der Waals surface area contributed by atoms with Crippen molar-refractivity contribution in [2.45, 2.75) is 19.3 Å². The molecule has 0 aromatic rings. The van der Waals surface area contributed by atoms with Gasteiger partial charge in [0.05, 0.1) is 11.8 Å². The molecule has 0 radical (unpaired) electrons. The quantitative estimate of drug-likeness (QED) is 0.609. The van der Waals surface area contributed by atoms with E-state index in [1.807, 2.05) is 0 Å². The van der Waals surface area contributed by atoms with Crippen LogP contribution in [0.15, 0.2) is 0 Å². The third-order valence-corrected chi connectivity index (χ3v) is 3.57. The molecule has 2 fully saturated rings. The summed E-state index contributed by atoms with van der Waals surface area (Å²) in [4.78, 5) is 22.2. The maximum Gasteiger partial charge on any atom is 0.221 e. The summed E-state index contributed by atoms with van der Waals surface area (Å²) < 4.78 is 0. The predicted molar refractivity (Wildman–Crippen MR) is 46.2 cm³/mol. The third kappa shape index (κ3) is 1.12. The van der Waals surface area contributed by atoms with Gasteiger partial charge in [0.15, 0.2) is 0 Å². The summed E-state index contributed by atoms with van der Waals surface area (Å²) in [6.07, 6.45) is 3.02. The molecule has 4 atom stereocenters. The summed E-state index contributed by atoms with van der Waals surface area (Å²) in [6.45, 7) is 0. The van der Waals surface area contributed by atoms with Gasteiger partial charge in [-0.15, -0.1) is 0 Å². The number of amides is 2. The van der Waals surface area contributed by atoms with Gasteiger partial charge in [0, 0.05) is 0 Å². The summed E-state index contributed by atoms with van der Waals surface area (Å²) in [5.74, 6) is -0.625. The highest BCUT2D eigenvalue weighted by molar-refractivity contribution is 5.87. The van der Waals surface area contributed by atoms with E-state index in [9.17, 15) is 9.59 Å². The van der Waals surface area contributed by atoms with Crippen molar-refractivity contribution in [3.05, 3.63) is 0 Å². The van der Waals surface area contributed by atoms with Crippen LogP contribution in [0, 0.1) is 23.7 Å². The van der Waals surface area contributed by atoms with Crippen molar-refractivity contribution in [3.63, 3.8) is 0 Å². The monoisotopic (exact) mass is 182 g/mol. The van der Waals surface area contributed by atoms with E-state index in [1.54, 1.807) is 0 Å². The van der Waals surface area contributed by atoms with Gasteiger partial charge in [-0.3, -0.25) is 9.59 Å². The molecule has 0 aromatic carbocycles. The SMILES string of the molecule is NC(=O)[C@@H]1[C@H]2CC[C@@H](C2)[C@@H]1C(N)=O. The molecule has 2 rings (SSSR count). The fraction of sp³-hybridized carbons (Fsp3) is 0.778. The Morgan fingerprint density at radius 1 is 0.923 bits per heavy atom. The van der Waals surface area contributed by atoms with E-state index < -0.39 is 0 Å². The van der Waals surface area contributed by atoms with Gasteiger partial charge in [-0.25, -0.2) is 0 Å². The Hall–Kier alpha value is -1.06. The topological polar surface area (TPSA) is 86.2 Å². The van der Waals surface area contributed by atoms with Crippen LogP contribution in [0.1, 0.15) is 19.3 Å². The molecule has 0 saturated heterocycles. The maximum atomic E-state index is 11.1. The molecule has 0 aliphatic heterocycles. The molecule has 0 aromatic heterocycles. The molecule has 2 bridgehead atoms. The number of fused-ring (bicyclic) bond motifs is 2. The summed E-state index contributed by atoms with van der Waals surface area (Å²) in [7, 11) is 0. The summed E-state index contributed by atoms with van der Waals surface area (Å²) >= 11 is 0. The first-order valence-corrected chi connectivity index (χ1v) is 4.70. The van der Waals surface area contributed by atoms with E-state index in [0.29, 0.717) is 11.8 Å². The van der Waals surface area contributed by atoms with Gasteiger partial charge in [-0.2, -0.15) is 0 Å². The van der Waals surface area contributed by atoms with Crippen molar-refractivity contribution in [3.8, 4) is 0 Å². The number of hydrogen-bond acceptors (Lipinski definition) is 2. The lowest BCUT2D eigenvalue weighted by atomic mass is 9.78. The standard InChI is InChI=1S/C9H14N2O2/c10-8(12)6-4-1-2-5(3-4)7(6)9(11)13/h4-7H,1-3H2,(H2,10,12)(H2,11,13)/t4-,5-,6-,7+/m0/s1. The van der Waals surface area contributed by atoms with Gasteiger partial charge in [0.2, 0.25) is 11.8 Å². The van der Waals surface area contributed by atoms with Crippen LogP contribution < -0.4 is 11.5 Å². The van der Waals surface area contributed by atoms with Crippen LogP contribution >= 0.6 is 0 Å². The number of carbonyl (C=O) groups excluding carboxylic acids is 2. The van der Waals surface area contributed by atoms with E-state index in [4.69, 9.17) is 11.5 Å². The Bertz CT molecular complexity index is 238. The third-order valence-electron chi connectivity index (χ3n) is 3.57. The second-order valence-electron chi connectivity index (χ2n) is 4.19. The minimum Gasteiger partial charge on any atom is -0.369 e. The molecule has 2 amide bonds. The molecule has 2 aliphatic carbocycles. The molecule has 72 valence electrons. The Kier molecular flexibility index (Phi) is 1.78. The number of primary amides is 2. The van der Waals surface area contributed by atoms with Crippen molar-refractivity contribution in [1.29, 1.82) is 0 Å². The van der Waals surface area contributed by atoms with Crippen LogP contribution in [-0.4, -0.2) is 11.8 Å². The molecule has 2 aliphatic rings. The normalized spacial score (nSPS) is 42.2. The highest BCUT2D eigenvalue weighted by atomic mass is 16.2. The maximum absolute atomic E-state index is 11.1. The highest BCUT2D eigenvalue weighted by Crippen LogP contribution is 2.51. The van der Waals surface area contributed by atoms with Crippen molar-refractivity contribution < 1.29 is 9.59 Å².